The Bertz CT molecular complexity index is 434. The fraction of sp³-hybridized carbons (Fsp3) is 0.333. The van der Waals surface area contributed by atoms with Gasteiger partial charge in [-0.2, -0.15) is 0 Å². The zero-order valence-corrected chi connectivity index (χ0v) is 8.49. The highest BCUT2D eigenvalue weighted by Crippen LogP contribution is 2.29. The first-order valence-electron chi connectivity index (χ1n) is 4.93. The van der Waals surface area contributed by atoms with Gasteiger partial charge >= 0.3 is 5.97 Å². The van der Waals surface area contributed by atoms with Crippen LogP contribution >= 0.6 is 0 Å². The van der Waals surface area contributed by atoms with Crippen molar-refractivity contribution in [2.45, 2.75) is 19.8 Å². The van der Waals surface area contributed by atoms with Gasteiger partial charge in [-0.3, -0.25) is 9.59 Å². The van der Waals surface area contributed by atoms with Gasteiger partial charge in [-0.05, 0) is 25.0 Å². The molecule has 1 aliphatic carbocycles. The Morgan fingerprint density at radius 3 is 2.93 bits per heavy atom. The summed E-state index contributed by atoms with van der Waals surface area (Å²) in [4.78, 5) is 22.4. The highest BCUT2D eigenvalue weighted by atomic mass is 16.4. The quantitative estimate of drug-likeness (QED) is 0.799. The van der Waals surface area contributed by atoms with E-state index in [9.17, 15) is 9.59 Å². The molecular formula is C12H12O3. The minimum absolute atomic E-state index is 0.0175. The van der Waals surface area contributed by atoms with Crippen LogP contribution in [0.3, 0.4) is 0 Å². The Kier molecular flexibility index (Phi) is 2.31. The van der Waals surface area contributed by atoms with Gasteiger partial charge in [0.25, 0.3) is 0 Å². The largest absolute Gasteiger partial charge is 0.481 e. The molecule has 15 heavy (non-hydrogen) atoms. The maximum Gasteiger partial charge on any atom is 0.304 e. The van der Waals surface area contributed by atoms with E-state index in [4.69, 9.17) is 5.11 Å². The Morgan fingerprint density at radius 1 is 1.53 bits per heavy atom. The molecule has 0 radical (unpaired) electrons. The van der Waals surface area contributed by atoms with E-state index in [1.165, 1.54) is 0 Å². The van der Waals surface area contributed by atoms with Crippen LogP contribution in [0, 0.1) is 12.8 Å². The summed E-state index contributed by atoms with van der Waals surface area (Å²) < 4.78 is 0. The third kappa shape index (κ3) is 1.77. The monoisotopic (exact) mass is 204 g/mol. The van der Waals surface area contributed by atoms with Crippen molar-refractivity contribution in [3.05, 3.63) is 34.9 Å². The summed E-state index contributed by atoms with van der Waals surface area (Å²) in [5.74, 6) is -1.28. The molecule has 1 atom stereocenters. The number of hydrogen-bond donors (Lipinski definition) is 1. The number of carbonyl (C=O) groups is 2. The molecule has 0 aliphatic heterocycles. The number of rotatable bonds is 2. The minimum Gasteiger partial charge on any atom is -0.481 e. The maximum absolute atomic E-state index is 11.8. The summed E-state index contributed by atoms with van der Waals surface area (Å²) in [6.45, 7) is 1.93. The summed E-state index contributed by atoms with van der Waals surface area (Å²) in [5.41, 5.74) is 2.73. The molecule has 0 spiro atoms. The smallest absolute Gasteiger partial charge is 0.304 e. The van der Waals surface area contributed by atoms with Crippen LogP contribution in [0.1, 0.15) is 27.9 Å². The van der Waals surface area contributed by atoms with Gasteiger partial charge in [0.1, 0.15) is 0 Å². The lowest BCUT2D eigenvalue weighted by molar-refractivity contribution is -0.137. The second-order valence-electron chi connectivity index (χ2n) is 4.02. The lowest BCUT2D eigenvalue weighted by Gasteiger charge is -2.01. The number of hydrogen-bond acceptors (Lipinski definition) is 2. The average molecular weight is 204 g/mol. The van der Waals surface area contributed by atoms with Gasteiger partial charge < -0.3 is 5.11 Å². The molecule has 1 aromatic carbocycles. The van der Waals surface area contributed by atoms with E-state index in [2.05, 4.69) is 0 Å². The van der Waals surface area contributed by atoms with Gasteiger partial charge in [0.05, 0.1) is 6.42 Å². The van der Waals surface area contributed by atoms with Gasteiger partial charge in [0.15, 0.2) is 5.78 Å². The number of benzene rings is 1. The van der Waals surface area contributed by atoms with Crippen LogP contribution in [0.15, 0.2) is 18.2 Å². The molecule has 3 heteroatoms. The Balaban J connectivity index is 2.29. The van der Waals surface area contributed by atoms with Crippen LogP contribution < -0.4 is 0 Å². The third-order valence-corrected chi connectivity index (χ3v) is 2.79. The highest BCUT2D eigenvalue weighted by molar-refractivity contribution is 6.03. The van der Waals surface area contributed by atoms with Crippen molar-refractivity contribution in [1.29, 1.82) is 0 Å². The standard InChI is InChI=1S/C12H12O3/c1-7-2-3-8-5-9(6-11(13)14)12(15)10(8)4-7/h2-4,9H,5-6H2,1H3,(H,13,14)/t9-/m1/s1. The van der Waals surface area contributed by atoms with E-state index < -0.39 is 5.97 Å². The Labute approximate surface area is 87.7 Å². The molecule has 0 saturated heterocycles. The molecule has 0 saturated carbocycles. The number of fused-ring (bicyclic) bond motifs is 1. The molecule has 0 aromatic heterocycles. The zero-order chi connectivity index (χ0) is 11.0. The van der Waals surface area contributed by atoms with Crippen molar-refractivity contribution in [1.82, 2.24) is 0 Å². The summed E-state index contributed by atoms with van der Waals surface area (Å²) in [6.07, 6.45) is 0.507. The average Bonchev–Trinajstić information content (AvgIpc) is 2.44. The number of Topliss-reactive ketones (excluding diaryl/α,β-unsaturated/α-hetero) is 1. The van der Waals surface area contributed by atoms with Gasteiger partial charge in [0.2, 0.25) is 0 Å². The number of carboxylic acids is 1. The topological polar surface area (TPSA) is 54.4 Å². The molecule has 78 valence electrons. The van der Waals surface area contributed by atoms with Crippen molar-refractivity contribution in [2.24, 2.45) is 5.92 Å². The second-order valence-corrected chi connectivity index (χ2v) is 4.02. The molecule has 0 unspecified atom stereocenters. The van der Waals surface area contributed by atoms with Crippen LogP contribution in [-0.4, -0.2) is 16.9 Å². The van der Waals surface area contributed by atoms with E-state index >= 15 is 0 Å². The number of ketones is 1. The van der Waals surface area contributed by atoms with Crippen LogP contribution in [-0.2, 0) is 11.2 Å². The van der Waals surface area contributed by atoms with Crippen molar-refractivity contribution in [3.8, 4) is 0 Å². The number of carbonyl (C=O) groups excluding carboxylic acids is 1. The molecule has 0 amide bonds. The van der Waals surface area contributed by atoms with E-state index in [0.717, 1.165) is 11.1 Å². The van der Waals surface area contributed by atoms with Crippen molar-refractivity contribution in [3.63, 3.8) is 0 Å². The van der Waals surface area contributed by atoms with E-state index in [0.29, 0.717) is 12.0 Å². The van der Waals surface area contributed by atoms with Crippen molar-refractivity contribution in [2.75, 3.05) is 0 Å². The molecule has 3 nitrogen and oxygen atoms in total. The first-order chi connectivity index (χ1) is 7.08. The first kappa shape index (κ1) is 9.90. The van der Waals surface area contributed by atoms with Crippen LogP contribution in [0.5, 0.6) is 0 Å². The Morgan fingerprint density at radius 2 is 2.27 bits per heavy atom. The van der Waals surface area contributed by atoms with Gasteiger partial charge in [-0.25, -0.2) is 0 Å². The fourth-order valence-electron chi connectivity index (χ4n) is 2.05. The van der Waals surface area contributed by atoms with Crippen molar-refractivity contribution < 1.29 is 14.7 Å². The Hall–Kier alpha value is -1.64. The summed E-state index contributed by atoms with van der Waals surface area (Å²) >= 11 is 0. The second kappa shape index (κ2) is 3.50. The van der Waals surface area contributed by atoms with Crippen LogP contribution in [0.25, 0.3) is 0 Å². The fourth-order valence-corrected chi connectivity index (χ4v) is 2.05. The van der Waals surface area contributed by atoms with E-state index in [1.54, 1.807) is 0 Å². The SMILES string of the molecule is Cc1ccc2c(c1)C(=O)[C@@H](CC(=O)O)C2. The molecule has 2 rings (SSSR count). The molecule has 1 aromatic rings. The van der Waals surface area contributed by atoms with Crippen molar-refractivity contribution >= 4 is 11.8 Å². The summed E-state index contributed by atoms with van der Waals surface area (Å²) in [6, 6.07) is 5.72. The lowest BCUT2D eigenvalue weighted by atomic mass is 10.0. The minimum atomic E-state index is -0.905. The first-order valence-corrected chi connectivity index (χ1v) is 4.93. The number of carboxylic acid groups (broad SMARTS) is 1. The zero-order valence-electron chi connectivity index (χ0n) is 8.49. The summed E-state index contributed by atoms with van der Waals surface area (Å²) in [5, 5.41) is 8.67. The van der Waals surface area contributed by atoms with Crippen LogP contribution in [0.2, 0.25) is 0 Å². The molecule has 1 N–H and O–H groups in total. The predicted octanol–water partition coefficient (Wildman–Crippen LogP) is 1.82. The normalized spacial score (nSPS) is 19.0. The van der Waals surface area contributed by atoms with Gasteiger partial charge in [0, 0.05) is 11.5 Å². The molecular weight excluding hydrogens is 192 g/mol. The van der Waals surface area contributed by atoms with Crippen LogP contribution in [0.4, 0.5) is 0 Å². The van der Waals surface area contributed by atoms with Gasteiger partial charge in [-0.15, -0.1) is 0 Å². The van der Waals surface area contributed by atoms with E-state index in [-0.39, 0.29) is 18.1 Å². The predicted molar refractivity (Wildman–Crippen MR) is 55.0 cm³/mol. The maximum atomic E-state index is 11.8. The number of aliphatic carboxylic acids is 1. The third-order valence-electron chi connectivity index (χ3n) is 2.79. The molecule has 1 aliphatic rings. The van der Waals surface area contributed by atoms with E-state index in [1.807, 2.05) is 25.1 Å². The lowest BCUT2D eigenvalue weighted by Crippen LogP contribution is -2.13. The highest BCUT2D eigenvalue weighted by Gasteiger charge is 2.31. The molecule has 0 heterocycles. The molecule has 0 fully saturated rings. The summed E-state index contributed by atoms with van der Waals surface area (Å²) in [7, 11) is 0. The molecule has 0 bridgehead atoms. The van der Waals surface area contributed by atoms with Gasteiger partial charge in [-0.1, -0.05) is 17.7 Å². The number of aryl methyl sites for hydroxylation is 1.